The van der Waals surface area contributed by atoms with Crippen molar-refractivity contribution in [1.29, 1.82) is 0 Å². The summed E-state index contributed by atoms with van der Waals surface area (Å²) in [6, 6.07) is -0.633. The van der Waals surface area contributed by atoms with Crippen LogP contribution >= 0.6 is 0 Å². The number of carbonyl (C=O) groups excluding carboxylic acids is 1. The first-order chi connectivity index (χ1) is 22.2. The monoisotopic (exact) mass is 634 g/mol. The van der Waals surface area contributed by atoms with Gasteiger partial charge in [0.2, 0.25) is 5.91 Å². The fraction of sp³-hybridized carbons (Fsp3) is 0.878. The molecule has 0 aromatic carbocycles. The molecule has 266 valence electrons. The molecule has 0 heterocycles. The molecule has 0 saturated heterocycles. The molecule has 0 fully saturated rings. The van der Waals surface area contributed by atoms with Gasteiger partial charge < -0.3 is 15.5 Å². The summed E-state index contributed by atoms with van der Waals surface area (Å²) in [6.07, 6.45) is 47.0. The van der Waals surface area contributed by atoms with Gasteiger partial charge >= 0.3 is 0 Å². The summed E-state index contributed by atoms with van der Waals surface area (Å²) < 4.78 is 0. The Morgan fingerprint density at radius 2 is 0.867 bits per heavy atom. The molecule has 45 heavy (non-hydrogen) atoms. The van der Waals surface area contributed by atoms with E-state index in [0.29, 0.717) is 6.42 Å². The Morgan fingerprint density at radius 1 is 0.511 bits per heavy atom. The van der Waals surface area contributed by atoms with Crippen molar-refractivity contribution in [2.45, 2.75) is 225 Å². The van der Waals surface area contributed by atoms with Crippen LogP contribution in [0.3, 0.4) is 0 Å². The van der Waals surface area contributed by atoms with Crippen molar-refractivity contribution < 1.29 is 15.0 Å². The van der Waals surface area contributed by atoms with Crippen LogP contribution in [0.15, 0.2) is 24.3 Å². The molecule has 4 heteroatoms. The SMILES string of the molecule is CCCCCCCCCC/C=C/CC/C=C/[C@@H](O)[C@H](CO)NC(=O)CCCCCCCCCCCCCCCCCCCCC. The molecule has 0 spiro atoms. The number of allylic oxidation sites excluding steroid dienone is 3. The Balaban J connectivity index is 3.59. The minimum absolute atomic E-state index is 0.0719. The number of aliphatic hydroxyl groups is 2. The number of amides is 1. The van der Waals surface area contributed by atoms with E-state index in [2.05, 4.69) is 31.3 Å². The van der Waals surface area contributed by atoms with Gasteiger partial charge in [0.1, 0.15) is 0 Å². The van der Waals surface area contributed by atoms with Crippen molar-refractivity contribution >= 4 is 5.91 Å². The van der Waals surface area contributed by atoms with Crippen LogP contribution in [0.1, 0.15) is 213 Å². The molecule has 0 aromatic rings. The van der Waals surface area contributed by atoms with Crippen LogP contribution in [0.5, 0.6) is 0 Å². The van der Waals surface area contributed by atoms with Gasteiger partial charge in [-0.05, 0) is 32.1 Å². The second kappa shape index (κ2) is 37.3. The van der Waals surface area contributed by atoms with Crippen LogP contribution in [0.2, 0.25) is 0 Å². The number of aliphatic hydroxyl groups excluding tert-OH is 2. The van der Waals surface area contributed by atoms with Gasteiger partial charge in [-0.3, -0.25) is 4.79 Å². The summed E-state index contributed by atoms with van der Waals surface area (Å²) >= 11 is 0. The smallest absolute Gasteiger partial charge is 0.220 e. The van der Waals surface area contributed by atoms with Crippen molar-refractivity contribution in [2.24, 2.45) is 0 Å². The van der Waals surface area contributed by atoms with E-state index >= 15 is 0 Å². The predicted molar refractivity (Wildman–Crippen MR) is 198 cm³/mol. The minimum Gasteiger partial charge on any atom is -0.394 e. The van der Waals surface area contributed by atoms with Crippen molar-refractivity contribution in [2.75, 3.05) is 6.61 Å². The molecule has 0 saturated carbocycles. The van der Waals surface area contributed by atoms with Gasteiger partial charge in [-0.25, -0.2) is 0 Å². The Bertz CT molecular complexity index is 647. The van der Waals surface area contributed by atoms with Gasteiger partial charge in [-0.15, -0.1) is 0 Å². The third-order valence-electron chi connectivity index (χ3n) is 9.19. The Morgan fingerprint density at radius 3 is 1.29 bits per heavy atom. The van der Waals surface area contributed by atoms with E-state index in [1.54, 1.807) is 6.08 Å². The molecule has 0 radical (unpaired) electrons. The summed E-state index contributed by atoms with van der Waals surface area (Å²) in [5.74, 6) is -0.0719. The van der Waals surface area contributed by atoms with E-state index in [0.717, 1.165) is 32.1 Å². The van der Waals surface area contributed by atoms with Crippen molar-refractivity contribution in [3.05, 3.63) is 24.3 Å². The zero-order chi connectivity index (χ0) is 32.9. The standard InChI is InChI=1S/C41H79NO3/c1-3-5-7-9-11-13-15-17-19-20-21-22-23-25-27-29-31-33-35-37-41(45)42-39(38-43)40(44)36-34-32-30-28-26-24-18-16-14-12-10-8-6-4-2/h26,28,34,36,39-40,43-44H,3-25,27,29-33,35,37-38H2,1-2H3,(H,42,45)/b28-26+,36-34+/t39-,40+/m0/s1. The summed E-state index contributed by atoms with van der Waals surface area (Å²) in [6.45, 7) is 4.29. The maximum Gasteiger partial charge on any atom is 0.220 e. The summed E-state index contributed by atoms with van der Waals surface area (Å²) in [5, 5.41) is 22.9. The first-order valence-corrected chi connectivity index (χ1v) is 20.1. The van der Waals surface area contributed by atoms with E-state index in [9.17, 15) is 15.0 Å². The lowest BCUT2D eigenvalue weighted by atomic mass is 10.0. The second-order valence-electron chi connectivity index (χ2n) is 13.7. The lowest BCUT2D eigenvalue weighted by Gasteiger charge is -2.19. The molecule has 0 aliphatic rings. The van der Waals surface area contributed by atoms with Gasteiger partial charge in [-0.2, -0.15) is 0 Å². The largest absolute Gasteiger partial charge is 0.394 e. The van der Waals surface area contributed by atoms with Crippen LogP contribution in [0, 0.1) is 0 Å². The first kappa shape index (κ1) is 43.9. The topological polar surface area (TPSA) is 69.6 Å². The number of unbranched alkanes of at least 4 members (excludes halogenated alkanes) is 27. The molecule has 3 N–H and O–H groups in total. The first-order valence-electron chi connectivity index (χ1n) is 20.1. The van der Waals surface area contributed by atoms with Crippen LogP contribution < -0.4 is 5.32 Å². The summed E-state index contributed by atoms with van der Waals surface area (Å²) in [4.78, 5) is 12.3. The van der Waals surface area contributed by atoms with E-state index in [1.807, 2.05) is 6.08 Å². The highest BCUT2D eigenvalue weighted by Crippen LogP contribution is 2.15. The van der Waals surface area contributed by atoms with E-state index < -0.39 is 12.1 Å². The highest BCUT2D eigenvalue weighted by molar-refractivity contribution is 5.76. The Kier molecular flexibility index (Phi) is 36.4. The molecule has 0 unspecified atom stereocenters. The number of hydrogen-bond acceptors (Lipinski definition) is 3. The maximum absolute atomic E-state index is 12.3. The zero-order valence-electron chi connectivity index (χ0n) is 30.4. The Labute approximate surface area is 281 Å². The molecular weight excluding hydrogens is 554 g/mol. The Hall–Kier alpha value is -1.13. The maximum atomic E-state index is 12.3. The van der Waals surface area contributed by atoms with E-state index in [1.165, 1.54) is 161 Å². The third kappa shape index (κ3) is 34.0. The van der Waals surface area contributed by atoms with Gasteiger partial charge in [0.25, 0.3) is 0 Å². The molecule has 0 aliphatic carbocycles. The molecule has 0 aromatic heterocycles. The number of carbonyl (C=O) groups is 1. The molecule has 2 atom stereocenters. The van der Waals surface area contributed by atoms with E-state index in [4.69, 9.17) is 0 Å². The highest BCUT2D eigenvalue weighted by atomic mass is 16.3. The highest BCUT2D eigenvalue weighted by Gasteiger charge is 2.17. The van der Waals surface area contributed by atoms with Crippen molar-refractivity contribution in [1.82, 2.24) is 5.32 Å². The van der Waals surface area contributed by atoms with Crippen LogP contribution in [0.25, 0.3) is 0 Å². The normalized spacial score (nSPS) is 13.2. The number of hydrogen-bond donors (Lipinski definition) is 3. The second-order valence-corrected chi connectivity index (χ2v) is 13.7. The number of nitrogens with one attached hydrogen (secondary N) is 1. The van der Waals surface area contributed by atoms with E-state index in [-0.39, 0.29) is 12.5 Å². The molecule has 0 bridgehead atoms. The fourth-order valence-corrected chi connectivity index (χ4v) is 6.08. The van der Waals surface area contributed by atoms with Crippen LogP contribution in [-0.2, 0) is 4.79 Å². The van der Waals surface area contributed by atoms with Crippen molar-refractivity contribution in [3.8, 4) is 0 Å². The van der Waals surface area contributed by atoms with Gasteiger partial charge in [0, 0.05) is 6.42 Å². The lowest BCUT2D eigenvalue weighted by molar-refractivity contribution is -0.123. The average Bonchev–Trinajstić information content (AvgIpc) is 3.04. The predicted octanol–water partition coefficient (Wildman–Crippen LogP) is 12.1. The summed E-state index contributed by atoms with van der Waals surface area (Å²) in [5.41, 5.74) is 0. The molecule has 0 aliphatic heterocycles. The van der Waals surface area contributed by atoms with Crippen LogP contribution in [0.4, 0.5) is 0 Å². The third-order valence-corrected chi connectivity index (χ3v) is 9.19. The fourth-order valence-electron chi connectivity index (χ4n) is 6.08. The lowest BCUT2D eigenvalue weighted by Crippen LogP contribution is -2.45. The molecular formula is C41H79NO3. The molecule has 1 amide bonds. The molecule has 4 nitrogen and oxygen atoms in total. The van der Waals surface area contributed by atoms with Gasteiger partial charge in [-0.1, -0.05) is 199 Å². The average molecular weight is 634 g/mol. The quantitative estimate of drug-likeness (QED) is 0.0475. The molecule has 0 rings (SSSR count). The zero-order valence-corrected chi connectivity index (χ0v) is 30.4. The summed E-state index contributed by atoms with van der Waals surface area (Å²) in [7, 11) is 0. The van der Waals surface area contributed by atoms with Crippen LogP contribution in [-0.4, -0.2) is 34.9 Å². The minimum atomic E-state index is -0.856. The van der Waals surface area contributed by atoms with Gasteiger partial charge in [0.15, 0.2) is 0 Å². The number of rotatable bonds is 36. The van der Waals surface area contributed by atoms with Crippen molar-refractivity contribution in [3.63, 3.8) is 0 Å². The van der Waals surface area contributed by atoms with Gasteiger partial charge in [0.05, 0.1) is 18.8 Å².